The molecule has 0 aliphatic carbocycles. The van der Waals surface area contributed by atoms with Gasteiger partial charge in [-0.1, -0.05) is 41.4 Å². The van der Waals surface area contributed by atoms with Gasteiger partial charge in [0, 0.05) is 5.02 Å². The molecule has 0 saturated heterocycles. The fraction of sp³-hybridized carbons (Fsp3) is 0. The average Bonchev–Trinajstić information content (AvgIpc) is 2.92. The molecule has 0 aliphatic heterocycles. The van der Waals surface area contributed by atoms with Crippen LogP contribution in [0.4, 0.5) is 11.5 Å². The van der Waals surface area contributed by atoms with E-state index in [4.69, 9.17) is 28.9 Å². The highest BCUT2D eigenvalue weighted by atomic mass is 35.5. The molecule has 0 fully saturated rings. The highest BCUT2D eigenvalue weighted by molar-refractivity contribution is 6.36. The Morgan fingerprint density at radius 3 is 2.57 bits per heavy atom. The second-order valence-electron chi connectivity index (χ2n) is 4.77. The van der Waals surface area contributed by atoms with E-state index in [1.54, 1.807) is 18.2 Å². The molecular weight excluding hydrogens is 335 g/mol. The predicted octanol–water partition coefficient (Wildman–Crippen LogP) is 4.01. The largest absolute Gasteiger partial charge is 0.383 e. The number of amides is 1. The van der Waals surface area contributed by atoms with Gasteiger partial charge in [0.15, 0.2) is 0 Å². The summed E-state index contributed by atoms with van der Waals surface area (Å²) >= 11 is 11.9. The number of halogens is 2. The van der Waals surface area contributed by atoms with Gasteiger partial charge in [-0.2, -0.15) is 5.10 Å². The number of hydrogen-bond acceptors (Lipinski definition) is 3. The van der Waals surface area contributed by atoms with Gasteiger partial charge < -0.3 is 11.1 Å². The van der Waals surface area contributed by atoms with Crippen LogP contribution in [0.25, 0.3) is 5.69 Å². The number of hydrogen-bond donors (Lipinski definition) is 2. The first kappa shape index (κ1) is 15.4. The third kappa shape index (κ3) is 3.16. The minimum absolute atomic E-state index is 0.249. The van der Waals surface area contributed by atoms with Crippen molar-refractivity contribution in [2.24, 2.45) is 0 Å². The van der Waals surface area contributed by atoms with Crippen molar-refractivity contribution in [1.29, 1.82) is 0 Å². The van der Waals surface area contributed by atoms with Crippen LogP contribution in [0.3, 0.4) is 0 Å². The minimum Gasteiger partial charge on any atom is -0.383 e. The number of nitrogen functional groups attached to an aromatic ring is 1. The lowest BCUT2D eigenvalue weighted by Crippen LogP contribution is -2.14. The number of benzene rings is 2. The Balaban J connectivity index is 1.88. The molecule has 0 bridgehead atoms. The number of nitrogens with two attached hydrogens (primary N) is 1. The van der Waals surface area contributed by atoms with Crippen molar-refractivity contribution in [3.63, 3.8) is 0 Å². The van der Waals surface area contributed by atoms with E-state index >= 15 is 0 Å². The summed E-state index contributed by atoms with van der Waals surface area (Å²) < 4.78 is 1.50. The first-order chi connectivity index (χ1) is 11.1. The number of aromatic nitrogens is 2. The average molecular weight is 347 g/mol. The molecule has 0 atom stereocenters. The summed E-state index contributed by atoms with van der Waals surface area (Å²) in [6, 6.07) is 14.1. The topological polar surface area (TPSA) is 72.9 Å². The maximum absolute atomic E-state index is 12.4. The van der Waals surface area contributed by atoms with Gasteiger partial charge in [-0.05, 0) is 30.3 Å². The molecule has 3 aromatic rings. The number of rotatable bonds is 3. The van der Waals surface area contributed by atoms with Crippen LogP contribution < -0.4 is 11.1 Å². The van der Waals surface area contributed by atoms with Crippen LogP contribution in [0.5, 0.6) is 0 Å². The van der Waals surface area contributed by atoms with E-state index in [0.29, 0.717) is 15.7 Å². The highest BCUT2D eigenvalue weighted by Gasteiger charge is 2.17. The Kier molecular flexibility index (Phi) is 4.23. The number of anilines is 2. The van der Waals surface area contributed by atoms with Crippen molar-refractivity contribution in [2.75, 3.05) is 11.1 Å². The Morgan fingerprint density at radius 1 is 1.13 bits per heavy atom. The maximum atomic E-state index is 12.4. The van der Waals surface area contributed by atoms with Gasteiger partial charge in [-0.25, -0.2) is 4.68 Å². The molecule has 3 N–H and O–H groups in total. The van der Waals surface area contributed by atoms with Crippen LogP contribution in [-0.4, -0.2) is 15.7 Å². The molecule has 1 aromatic heterocycles. The Labute approximate surface area is 142 Å². The fourth-order valence-electron chi connectivity index (χ4n) is 2.09. The second-order valence-corrected chi connectivity index (χ2v) is 5.61. The first-order valence-electron chi connectivity index (χ1n) is 6.71. The zero-order valence-electron chi connectivity index (χ0n) is 11.8. The lowest BCUT2D eigenvalue weighted by molar-refractivity contribution is 0.102. The number of nitrogens with zero attached hydrogens (tertiary/aromatic N) is 2. The lowest BCUT2D eigenvalue weighted by atomic mass is 10.2. The third-order valence-electron chi connectivity index (χ3n) is 3.23. The molecule has 0 spiro atoms. The molecule has 2 aromatic carbocycles. The normalized spacial score (nSPS) is 10.5. The number of nitrogens with one attached hydrogen (secondary N) is 1. The molecule has 3 rings (SSSR count). The van der Waals surface area contributed by atoms with Crippen molar-refractivity contribution in [3.8, 4) is 5.69 Å². The standard InChI is InChI=1S/C16H12Cl2N4O/c17-10-6-7-14(13(18)8-10)21-16(23)12-9-20-22(15(12)19)11-4-2-1-3-5-11/h1-9H,19H2,(H,21,23). The monoisotopic (exact) mass is 346 g/mol. The van der Waals surface area contributed by atoms with Crippen LogP contribution >= 0.6 is 23.2 Å². The van der Waals surface area contributed by atoms with Crippen molar-refractivity contribution in [3.05, 3.63) is 70.3 Å². The van der Waals surface area contributed by atoms with Crippen molar-refractivity contribution < 1.29 is 4.79 Å². The van der Waals surface area contributed by atoms with Crippen LogP contribution in [0.2, 0.25) is 10.0 Å². The van der Waals surface area contributed by atoms with Crippen molar-refractivity contribution in [2.45, 2.75) is 0 Å². The molecule has 7 heteroatoms. The quantitative estimate of drug-likeness (QED) is 0.752. The molecule has 0 radical (unpaired) electrons. The summed E-state index contributed by atoms with van der Waals surface area (Å²) in [6.45, 7) is 0. The van der Waals surface area contributed by atoms with Crippen LogP contribution in [0.1, 0.15) is 10.4 Å². The maximum Gasteiger partial charge on any atom is 0.261 e. The van der Waals surface area contributed by atoms with E-state index < -0.39 is 5.91 Å². The van der Waals surface area contributed by atoms with Gasteiger partial charge in [-0.15, -0.1) is 0 Å². The molecular formula is C16H12Cl2N4O. The highest BCUT2D eigenvalue weighted by Crippen LogP contribution is 2.26. The Hall–Kier alpha value is -2.50. The molecule has 0 saturated carbocycles. The van der Waals surface area contributed by atoms with E-state index in [-0.39, 0.29) is 11.4 Å². The van der Waals surface area contributed by atoms with Gasteiger partial charge >= 0.3 is 0 Å². The number of carbonyl (C=O) groups is 1. The van der Waals surface area contributed by atoms with E-state index in [1.165, 1.54) is 10.9 Å². The van der Waals surface area contributed by atoms with Gasteiger partial charge in [-0.3, -0.25) is 4.79 Å². The molecule has 1 heterocycles. The van der Waals surface area contributed by atoms with E-state index in [9.17, 15) is 4.79 Å². The Bertz CT molecular complexity index is 862. The molecule has 5 nitrogen and oxygen atoms in total. The Morgan fingerprint density at radius 2 is 1.87 bits per heavy atom. The van der Waals surface area contributed by atoms with Gasteiger partial charge in [0.2, 0.25) is 0 Å². The zero-order valence-corrected chi connectivity index (χ0v) is 13.3. The number of para-hydroxylation sites is 1. The van der Waals surface area contributed by atoms with Crippen molar-refractivity contribution >= 4 is 40.6 Å². The van der Waals surface area contributed by atoms with Crippen molar-refractivity contribution in [1.82, 2.24) is 9.78 Å². The summed E-state index contributed by atoms with van der Waals surface area (Å²) in [6.07, 6.45) is 1.42. The molecule has 1 amide bonds. The van der Waals surface area contributed by atoms with Crippen LogP contribution in [0, 0.1) is 0 Å². The molecule has 0 aliphatic rings. The molecule has 116 valence electrons. The third-order valence-corrected chi connectivity index (χ3v) is 3.78. The molecule has 0 unspecified atom stereocenters. The van der Waals surface area contributed by atoms with E-state index in [2.05, 4.69) is 10.4 Å². The van der Waals surface area contributed by atoms with E-state index in [1.807, 2.05) is 30.3 Å². The minimum atomic E-state index is -0.395. The smallest absolute Gasteiger partial charge is 0.261 e. The van der Waals surface area contributed by atoms with E-state index in [0.717, 1.165) is 5.69 Å². The summed E-state index contributed by atoms with van der Waals surface area (Å²) in [5, 5.41) is 7.70. The summed E-state index contributed by atoms with van der Waals surface area (Å²) in [5.41, 5.74) is 7.53. The van der Waals surface area contributed by atoms with Gasteiger partial charge in [0.05, 0.1) is 22.6 Å². The summed E-state index contributed by atoms with van der Waals surface area (Å²) in [7, 11) is 0. The fourth-order valence-corrected chi connectivity index (χ4v) is 2.54. The van der Waals surface area contributed by atoms with Crippen LogP contribution in [0.15, 0.2) is 54.7 Å². The summed E-state index contributed by atoms with van der Waals surface area (Å²) in [5.74, 6) is -0.146. The molecule has 23 heavy (non-hydrogen) atoms. The SMILES string of the molecule is Nc1c(C(=O)Nc2ccc(Cl)cc2Cl)cnn1-c1ccccc1. The lowest BCUT2D eigenvalue weighted by Gasteiger charge is -2.08. The first-order valence-corrected chi connectivity index (χ1v) is 7.47. The van der Waals surface area contributed by atoms with Crippen LogP contribution in [-0.2, 0) is 0 Å². The van der Waals surface area contributed by atoms with Gasteiger partial charge in [0.25, 0.3) is 5.91 Å². The zero-order chi connectivity index (χ0) is 16.4. The second kappa shape index (κ2) is 6.32. The number of carbonyl (C=O) groups excluding carboxylic acids is 1. The predicted molar refractivity (Wildman–Crippen MR) is 92.4 cm³/mol. The summed E-state index contributed by atoms with van der Waals surface area (Å²) in [4.78, 5) is 12.4. The van der Waals surface area contributed by atoms with Gasteiger partial charge in [0.1, 0.15) is 11.4 Å².